The number of amides is 1. The highest BCUT2D eigenvalue weighted by Gasteiger charge is 2.17. The van der Waals surface area contributed by atoms with Gasteiger partial charge in [0, 0.05) is 36.7 Å². The number of carbonyl (C=O) groups excluding carboxylic acids is 1. The Morgan fingerprint density at radius 3 is 2.61 bits per heavy atom. The summed E-state index contributed by atoms with van der Waals surface area (Å²) in [5.74, 6) is 0.494. The van der Waals surface area contributed by atoms with Gasteiger partial charge in [-0.1, -0.05) is 13.0 Å². The van der Waals surface area contributed by atoms with Gasteiger partial charge in [-0.15, -0.1) is 0 Å². The lowest BCUT2D eigenvalue weighted by Gasteiger charge is -2.13. The van der Waals surface area contributed by atoms with Crippen molar-refractivity contribution in [2.45, 2.75) is 25.3 Å². The fraction of sp³-hybridized carbons (Fsp3) is 0.273. The number of carbonyl (C=O) groups is 1. The van der Waals surface area contributed by atoms with Crippen molar-refractivity contribution in [1.82, 2.24) is 15.1 Å². The van der Waals surface area contributed by atoms with Crippen LogP contribution in [0.3, 0.4) is 0 Å². The third-order valence-corrected chi connectivity index (χ3v) is 5.87. The number of rotatable bonds is 10. The number of nitrogens with one attached hydrogen (secondary N) is 2. The molecule has 8 nitrogen and oxygen atoms in total. The molecule has 1 amide bonds. The van der Waals surface area contributed by atoms with Crippen LogP contribution in [-0.4, -0.2) is 37.3 Å². The lowest BCUT2D eigenvalue weighted by Crippen LogP contribution is -2.30. The van der Waals surface area contributed by atoms with Gasteiger partial charge in [-0.05, 0) is 61.4 Å². The Hall–Kier alpha value is -3.33. The highest BCUT2D eigenvalue weighted by Crippen LogP contribution is 2.20. The Morgan fingerprint density at radius 2 is 1.94 bits per heavy atom. The van der Waals surface area contributed by atoms with E-state index in [0.717, 1.165) is 0 Å². The van der Waals surface area contributed by atoms with Gasteiger partial charge in [0.1, 0.15) is 5.75 Å². The maximum Gasteiger partial charge on any atom is 0.261 e. The minimum atomic E-state index is -3.84. The van der Waals surface area contributed by atoms with E-state index in [1.165, 1.54) is 12.1 Å². The van der Waals surface area contributed by atoms with Crippen molar-refractivity contribution in [3.63, 3.8) is 0 Å². The average Bonchev–Trinajstić information content (AvgIpc) is 3.26. The molecule has 0 fully saturated rings. The maximum absolute atomic E-state index is 12.7. The Bertz CT molecular complexity index is 1100. The number of hydrogen-bond acceptors (Lipinski definition) is 5. The molecule has 1 unspecified atom stereocenters. The van der Waals surface area contributed by atoms with Gasteiger partial charge < -0.3 is 10.1 Å². The number of aromatic nitrogens is 2. The molecule has 1 aromatic heterocycles. The molecule has 164 valence electrons. The van der Waals surface area contributed by atoms with E-state index in [9.17, 15) is 13.2 Å². The van der Waals surface area contributed by atoms with Crippen LogP contribution in [0.1, 0.15) is 24.2 Å². The molecule has 2 N–H and O–H groups in total. The molecule has 0 radical (unpaired) electrons. The van der Waals surface area contributed by atoms with Gasteiger partial charge in [-0.25, -0.2) is 8.42 Å². The van der Waals surface area contributed by atoms with Crippen molar-refractivity contribution in [2.24, 2.45) is 5.92 Å². The summed E-state index contributed by atoms with van der Waals surface area (Å²) >= 11 is 0. The van der Waals surface area contributed by atoms with E-state index in [2.05, 4.69) is 15.1 Å². The van der Waals surface area contributed by atoms with Crippen molar-refractivity contribution in [1.29, 1.82) is 0 Å². The maximum atomic E-state index is 12.7. The molecule has 0 bridgehead atoms. The second-order valence-electron chi connectivity index (χ2n) is 7.13. The molecule has 0 spiro atoms. The molecule has 31 heavy (non-hydrogen) atoms. The van der Waals surface area contributed by atoms with Gasteiger partial charge in [-0.3, -0.25) is 14.2 Å². The highest BCUT2D eigenvalue weighted by molar-refractivity contribution is 7.92. The first-order valence-corrected chi connectivity index (χ1v) is 11.5. The quantitative estimate of drug-likeness (QED) is 0.502. The zero-order valence-corrected chi connectivity index (χ0v) is 18.3. The number of ether oxygens (including phenoxy) is 1. The van der Waals surface area contributed by atoms with Crippen LogP contribution in [0, 0.1) is 5.92 Å². The van der Waals surface area contributed by atoms with Crippen LogP contribution in [0.25, 0.3) is 0 Å². The predicted octanol–water partition coefficient (Wildman–Crippen LogP) is 3.15. The standard InChI is InChI=1S/C22H26N4O4S/c1-3-30-20-10-8-19(9-11-20)25-31(28,29)21-7-4-6-18(14-21)22(27)23-15-17(2)16-26-13-5-12-24-26/h4-14,17,25H,3,15-16H2,1-2H3,(H,23,27). The second-order valence-corrected chi connectivity index (χ2v) is 8.82. The molecule has 0 saturated carbocycles. The predicted molar refractivity (Wildman–Crippen MR) is 119 cm³/mol. The topological polar surface area (TPSA) is 102 Å². The number of hydrogen-bond donors (Lipinski definition) is 2. The summed E-state index contributed by atoms with van der Waals surface area (Å²) in [6.07, 6.45) is 3.57. The Morgan fingerprint density at radius 1 is 1.16 bits per heavy atom. The first-order chi connectivity index (χ1) is 14.9. The van der Waals surface area contributed by atoms with Crippen LogP contribution in [0.5, 0.6) is 5.75 Å². The van der Waals surface area contributed by atoms with Gasteiger partial charge in [0.15, 0.2) is 0 Å². The fourth-order valence-electron chi connectivity index (χ4n) is 2.97. The smallest absolute Gasteiger partial charge is 0.261 e. The third kappa shape index (κ3) is 6.32. The van der Waals surface area contributed by atoms with Crippen LogP contribution in [0.15, 0.2) is 71.9 Å². The summed E-state index contributed by atoms with van der Waals surface area (Å²) in [7, 11) is -3.84. The van der Waals surface area contributed by atoms with Gasteiger partial charge in [-0.2, -0.15) is 5.10 Å². The molecule has 2 aromatic carbocycles. The van der Waals surface area contributed by atoms with Crippen LogP contribution in [-0.2, 0) is 16.6 Å². The minimum Gasteiger partial charge on any atom is -0.494 e. The van der Waals surface area contributed by atoms with Crippen molar-refractivity contribution in [3.05, 3.63) is 72.6 Å². The summed E-state index contributed by atoms with van der Waals surface area (Å²) in [5, 5.41) is 7.00. The molecular formula is C22H26N4O4S. The first-order valence-electron chi connectivity index (χ1n) is 9.99. The van der Waals surface area contributed by atoms with Crippen molar-refractivity contribution < 1.29 is 17.9 Å². The van der Waals surface area contributed by atoms with Gasteiger partial charge in [0.05, 0.1) is 11.5 Å². The lowest BCUT2D eigenvalue weighted by atomic mass is 10.1. The molecule has 9 heteroatoms. The van der Waals surface area contributed by atoms with E-state index >= 15 is 0 Å². The molecule has 0 aliphatic rings. The molecule has 1 heterocycles. The molecule has 1 atom stereocenters. The number of anilines is 1. The third-order valence-electron chi connectivity index (χ3n) is 4.49. The van der Waals surface area contributed by atoms with Gasteiger partial charge in [0.2, 0.25) is 0 Å². The Balaban J connectivity index is 1.63. The first kappa shape index (κ1) is 22.4. The van der Waals surface area contributed by atoms with Crippen molar-refractivity contribution in [3.8, 4) is 5.75 Å². The molecule has 3 rings (SSSR count). The molecule has 0 aliphatic heterocycles. The zero-order valence-electron chi connectivity index (χ0n) is 17.5. The van der Waals surface area contributed by atoms with E-state index in [4.69, 9.17) is 4.74 Å². The van der Waals surface area contributed by atoms with Gasteiger partial charge in [0.25, 0.3) is 15.9 Å². The Labute approximate surface area is 182 Å². The summed E-state index contributed by atoms with van der Waals surface area (Å²) < 4.78 is 35.2. The van der Waals surface area contributed by atoms with Crippen LogP contribution >= 0.6 is 0 Å². The number of sulfonamides is 1. The SMILES string of the molecule is CCOc1ccc(NS(=O)(=O)c2cccc(C(=O)NCC(C)Cn3cccn3)c2)cc1. The van der Waals surface area contributed by atoms with E-state index in [1.807, 2.05) is 26.1 Å². The lowest BCUT2D eigenvalue weighted by molar-refractivity contribution is 0.0946. The van der Waals surface area contributed by atoms with Crippen LogP contribution in [0.4, 0.5) is 5.69 Å². The normalized spacial score (nSPS) is 12.2. The fourth-order valence-corrected chi connectivity index (χ4v) is 4.07. The second kappa shape index (κ2) is 10.1. The molecule has 0 saturated heterocycles. The van der Waals surface area contributed by atoms with Crippen LogP contribution in [0.2, 0.25) is 0 Å². The van der Waals surface area contributed by atoms with E-state index in [1.54, 1.807) is 47.3 Å². The summed E-state index contributed by atoms with van der Waals surface area (Å²) in [6.45, 7) is 5.53. The zero-order chi connectivity index (χ0) is 22.3. The summed E-state index contributed by atoms with van der Waals surface area (Å²) in [4.78, 5) is 12.5. The summed E-state index contributed by atoms with van der Waals surface area (Å²) in [6, 6.07) is 14.4. The van der Waals surface area contributed by atoms with E-state index in [0.29, 0.717) is 31.1 Å². The largest absolute Gasteiger partial charge is 0.494 e. The molecule has 3 aromatic rings. The molecular weight excluding hydrogens is 416 g/mol. The average molecular weight is 443 g/mol. The summed E-state index contributed by atoms with van der Waals surface area (Å²) in [5.41, 5.74) is 0.687. The Kier molecular flexibility index (Phi) is 7.30. The van der Waals surface area contributed by atoms with Crippen molar-refractivity contribution in [2.75, 3.05) is 17.9 Å². The number of nitrogens with zero attached hydrogens (tertiary/aromatic N) is 2. The van der Waals surface area contributed by atoms with Gasteiger partial charge >= 0.3 is 0 Å². The highest BCUT2D eigenvalue weighted by atomic mass is 32.2. The number of benzene rings is 2. The minimum absolute atomic E-state index is 0.0126. The van der Waals surface area contributed by atoms with E-state index < -0.39 is 10.0 Å². The monoisotopic (exact) mass is 442 g/mol. The molecule has 0 aliphatic carbocycles. The van der Waals surface area contributed by atoms with Crippen molar-refractivity contribution >= 4 is 21.6 Å². The van der Waals surface area contributed by atoms with Crippen LogP contribution < -0.4 is 14.8 Å². The van der Waals surface area contributed by atoms with E-state index in [-0.39, 0.29) is 22.3 Å².